The number of rotatable bonds is 8. The molecule has 0 radical (unpaired) electrons. The third-order valence-corrected chi connectivity index (χ3v) is 7.34. The first-order valence-corrected chi connectivity index (χ1v) is 13.1. The summed E-state index contributed by atoms with van der Waals surface area (Å²) >= 11 is 0. The van der Waals surface area contributed by atoms with Crippen molar-refractivity contribution in [3.05, 3.63) is 41.3 Å². The van der Waals surface area contributed by atoms with E-state index in [1.54, 1.807) is 6.92 Å². The van der Waals surface area contributed by atoms with Gasteiger partial charge in [-0.1, -0.05) is 18.6 Å². The Morgan fingerprint density at radius 1 is 1.14 bits per heavy atom. The van der Waals surface area contributed by atoms with Crippen molar-refractivity contribution in [3.8, 4) is 17.0 Å². The molecule has 37 heavy (non-hydrogen) atoms. The molecule has 3 unspecified atom stereocenters. The Hall–Kier alpha value is -3.49. The predicted molar refractivity (Wildman–Crippen MR) is 139 cm³/mol. The highest BCUT2D eigenvalue weighted by Crippen LogP contribution is 2.37. The number of hydrogen-bond acceptors (Lipinski definition) is 5. The normalized spacial score (nSPS) is 21.6. The molecule has 2 aliphatic rings. The molecular weight excluding hydrogens is 473 g/mol. The number of benzene rings is 1. The predicted octanol–water partition coefficient (Wildman–Crippen LogP) is 4.55. The lowest BCUT2D eigenvalue weighted by molar-refractivity contribution is -0.121. The van der Waals surface area contributed by atoms with Crippen molar-refractivity contribution in [2.75, 3.05) is 6.61 Å². The van der Waals surface area contributed by atoms with Gasteiger partial charge in [0.05, 0.1) is 23.7 Å². The van der Waals surface area contributed by atoms with Crippen molar-refractivity contribution in [1.29, 1.82) is 0 Å². The number of aryl methyl sites for hydroxylation is 2. The second kappa shape index (κ2) is 10.5. The molecule has 196 valence electrons. The number of amides is 2. The van der Waals surface area contributed by atoms with E-state index in [0.29, 0.717) is 59.8 Å². The van der Waals surface area contributed by atoms with E-state index in [9.17, 15) is 14.0 Å². The van der Waals surface area contributed by atoms with Gasteiger partial charge < -0.3 is 20.4 Å². The molecule has 1 aromatic carbocycles. The maximum absolute atomic E-state index is 15.0. The van der Waals surface area contributed by atoms with Crippen LogP contribution in [0.15, 0.2) is 24.5 Å². The van der Waals surface area contributed by atoms with Crippen LogP contribution in [-0.2, 0) is 4.79 Å². The van der Waals surface area contributed by atoms with Crippen LogP contribution in [0.3, 0.4) is 0 Å². The molecule has 5 rings (SSSR count). The van der Waals surface area contributed by atoms with Gasteiger partial charge in [-0.2, -0.15) is 0 Å². The largest absolute Gasteiger partial charge is 0.493 e. The number of fused-ring (bicyclic) bond motifs is 1. The molecule has 0 bridgehead atoms. The molecule has 0 spiro atoms. The lowest BCUT2D eigenvalue weighted by Gasteiger charge is -2.32. The number of alkyl halides is 1. The Bertz CT molecular complexity index is 1320. The van der Waals surface area contributed by atoms with Crippen molar-refractivity contribution in [2.24, 2.45) is 5.92 Å². The summed E-state index contributed by atoms with van der Waals surface area (Å²) in [6, 6.07) is 5.19. The summed E-state index contributed by atoms with van der Waals surface area (Å²) < 4.78 is 21.1. The van der Waals surface area contributed by atoms with Crippen molar-refractivity contribution in [3.63, 3.8) is 0 Å². The van der Waals surface area contributed by atoms with Gasteiger partial charge in [-0.15, -0.1) is 0 Å². The number of halogens is 1. The summed E-state index contributed by atoms with van der Waals surface area (Å²) in [5.41, 5.74) is 4.75. The third-order valence-electron chi connectivity index (χ3n) is 7.34. The number of carbonyl (C=O) groups is 2. The van der Waals surface area contributed by atoms with Crippen LogP contribution < -0.4 is 15.4 Å². The Morgan fingerprint density at radius 3 is 2.68 bits per heavy atom. The summed E-state index contributed by atoms with van der Waals surface area (Å²) in [5, 5.41) is 5.74. The van der Waals surface area contributed by atoms with E-state index < -0.39 is 12.2 Å². The highest BCUT2D eigenvalue weighted by molar-refractivity contribution is 6.09. The zero-order valence-corrected chi connectivity index (χ0v) is 21.6. The van der Waals surface area contributed by atoms with Gasteiger partial charge in [0, 0.05) is 30.1 Å². The average molecular weight is 508 g/mol. The lowest BCUT2D eigenvalue weighted by atomic mass is 9.89. The SMILES string of the molecule is CCC(=O)NC1CCC(NC(=O)c2c(C)[nH]c3c(-c4cc(C)ccc4OCC4CC4)ncnc23)C(F)C1. The van der Waals surface area contributed by atoms with E-state index in [0.717, 1.165) is 16.9 Å². The Morgan fingerprint density at radius 2 is 1.95 bits per heavy atom. The Labute approximate surface area is 215 Å². The third kappa shape index (κ3) is 5.45. The highest BCUT2D eigenvalue weighted by atomic mass is 19.1. The summed E-state index contributed by atoms with van der Waals surface area (Å²) in [6.45, 7) is 6.27. The second-order valence-corrected chi connectivity index (χ2v) is 10.4. The van der Waals surface area contributed by atoms with Gasteiger partial charge >= 0.3 is 0 Å². The summed E-state index contributed by atoms with van der Waals surface area (Å²) in [4.78, 5) is 37.3. The summed E-state index contributed by atoms with van der Waals surface area (Å²) in [5.74, 6) is 0.911. The number of nitrogens with zero attached hydrogens (tertiary/aromatic N) is 2. The zero-order valence-electron chi connectivity index (χ0n) is 21.6. The van der Waals surface area contributed by atoms with Crippen LogP contribution in [0.2, 0.25) is 0 Å². The van der Waals surface area contributed by atoms with Gasteiger partial charge in [-0.05, 0) is 57.6 Å². The molecule has 3 atom stereocenters. The smallest absolute Gasteiger partial charge is 0.255 e. The number of nitrogens with one attached hydrogen (secondary N) is 3. The average Bonchev–Trinajstić information content (AvgIpc) is 3.64. The van der Waals surface area contributed by atoms with Crippen molar-refractivity contribution in [2.45, 2.75) is 77.6 Å². The molecule has 8 nitrogen and oxygen atoms in total. The van der Waals surface area contributed by atoms with E-state index in [4.69, 9.17) is 4.74 Å². The minimum Gasteiger partial charge on any atom is -0.493 e. The minimum absolute atomic E-state index is 0.0840. The molecule has 9 heteroatoms. The van der Waals surface area contributed by atoms with Crippen LogP contribution in [0, 0.1) is 19.8 Å². The van der Waals surface area contributed by atoms with Crippen molar-refractivity contribution >= 4 is 22.8 Å². The summed E-state index contributed by atoms with van der Waals surface area (Å²) in [7, 11) is 0. The fourth-order valence-corrected chi connectivity index (χ4v) is 5.03. The van der Waals surface area contributed by atoms with Gasteiger partial charge in [0.25, 0.3) is 5.91 Å². The fraction of sp³-hybridized carbons (Fsp3) is 0.500. The van der Waals surface area contributed by atoms with Gasteiger partial charge in [0.2, 0.25) is 5.91 Å². The van der Waals surface area contributed by atoms with Gasteiger partial charge in [0.15, 0.2) is 0 Å². The van der Waals surface area contributed by atoms with E-state index in [1.165, 1.54) is 19.2 Å². The molecule has 2 amide bonds. The van der Waals surface area contributed by atoms with Crippen LogP contribution in [0.4, 0.5) is 4.39 Å². The second-order valence-electron chi connectivity index (χ2n) is 10.4. The molecule has 3 N–H and O–H groups in total. The van der Waals surface area contributed by atoms with Gasteiger partial charge in [-0.25, -0.2) is 14.4 Å². The Kier molecular flexibility index (Phi) is 7.13. The summed E-state index contributed by atoms with van der Waals surface area (Å²) in [6.07, 6.45) is 4.23. The first kappa shape index (κ1) is 25.2. The van der Waals surface area contributed by atoms with E-state index >= 15 is 0 Å². The molecule has 3 aromatic rings. The number of ether oxygens (including phenoxy) is 1. The van der Waals surface area contributed by atoms with E-state index in [1.807, 2.05) is 32.0 Å². The molecule has 2 heterocycles. The molecule has 2 aromatic heterocycles. The maximum Gasteiger partial charge on any atom is 0.255 e. The minimum atomic E-state index is -1.24. The number of aromatic nitrogens is 3. The molecule has 2 aliphatic carbocycles. The van der Waals surface area contributed by atoms with Gasteiger partial charge in [-0.3, -0.25) is 9.59 Å². The van der Waals surface area contributed by atoms with Crippen molar-refractivity contribution < 1.29 is 18.7 Å². The molecule has 0 aliphatic heterocycles. The van der Waals surface area contributed by atoms with Crippen LogP contribution in [0.5, 0.6) is 5.75 Å². The fourth-order valence-electron chi connectivity index (χ4n) is 5.03. The number of aromatic amines is 1. The van der Waals surface area contributed by atoms with Crippen LogP contribution in [0.25, 0.3) is 22.3 Å². The quantitative estimate of drug-likeness (QED) is 0.415. The first-order valence-electron chi connectivity index (χ1n) is 13.1. The lowest BCUT2D eigenvalue weighted by Crippen LogP contribution is -2.50. The van der Waals surface area contributed by atoms with E-state index in [-0.39, 0.29) is 24.3 Å². The van der Waals surface area contributed by atoms with Crippen molar-refractivity contribution in [1.82, 2.24) is 25.6 Å². The topological polar surface area (TPSA) is 109 Å². The zero-order chi connectivity index (χ0) is 26.1. The van der Waals surface area contributed by atoms with Crippen LogP contribution in [-0.4, -0.2) is 51.6 Å². The first-order chi connectivity index (χ1) is 17.8. The molecule has 2 saturated carbocycles. The standard InChI is InChI=1S/C28H34FN5O3/c1-4-23(35)33-18-8-9-21(20(29)12-18)34-28(36)24-16(3)32-27-25(30-14-31-26(24)27)19-11-15(2)5-10-22(19)37-13-17-6-7-17/h5,10-11,14,17-18,20-21,32H,4,6-9,12-13H2,1-3H3,(H,33,35)(H,34,36). The van der Waals surface area contributed by atoms with Gasteiger partial charge in [0.1, 0.15) is 29.5 Å². The van der Waals surface area contributed by atoms with Crippen LogP contribution in [0.1, 0.15) is 67.1 Å². The highest BCUT2D eigenvalue weighted by Gasteiger charge is 2.33. The molecular formula is C28H34FN5O3. The monoisotopic (exact) mass is 507 g/mol. The van der Waals surface area contributed by atoms with E-state index in [2.05, 4.69) is 25.6 Å². The number of carbonyl (C=O) groups excluding carboxylic acids is 2. The Balaban J connectivity index is 1.39. The number of hydrogen-bond donors (Lipinski definition) is 3. The maximum atomic E-state index is 15.0. The molecule has 0 saturated heterocycles. The number of H-pyrrole nitrogens is 1. The molecule has 2 fully saturated rings. The van der Waals surface area contributed by atoms with Crippen LogP contribution >= 0.6 is 0 Å².